The number of hydrogen-bond acceptors (Lipinski definition) is 4. The molecule has 0 aliphatic carbocycles. The Morgan fingerprint density at radius 3 is 2.18 bits per heavy atom. The number of carboxylic acids is 2. The monoisotopic (exact) mass is 162 g/mol. The molecular formula is C5H10N2O4. The van der Waals surface area contributed by atoms with E-state index in [0.717, 1.165) is 0 Å². The summed E-state index contributed by atoms with van der Waals surface area (Å²) in [6.45, 7) is -0.0117. The molecule has 0 aliphatic heterocycles. The quantitative estimate of drug-likeness (QED) is 0.284. The van der Waals surface area contributed by atoms with Crippen LogP contribution < -0.4 is 10.9 Å². The van der Waals surface area contributed by atoms with E-state index in [9.17, 15) is 9.59 Å². The van der Waals surface area contributed by atoms with Gasteiger partial charge in [-0.15, -0.1) is 0 Å². The topological polar surface area (TPSA) is 98.7 Å². The predicted molar refractivity (Wildman–Crippen MR) is 35.9 cm³/mol. The van der Waals surface area contributed by atoms with Gasteiger partial charge in [0.2, 0.25) is 0 Å². The number of carbonyl (C=O) groups is 2. The van der Waals surface area contributed by atoms with Crippen LogP contribution in [0.3, 0.4) is 0 Å². The molecule has 0 heterocycles. The molecule has 4 N–H and O–H groups in total. The van der Waals surface area contributed by atoms with Crippen LogP contribution in [0.25, 0.3) is 0 Å². The van der Waals surface area contributed by atoms with E-state index in [1.807, 2.05) is 0 Å². The van der Waals surface area contributed by atoms with Gasteiger partial charge in [-0.25, -0.2) is 5.43 Å². The maximum atomic E-state index is 9.91. The normalized spacial score (nSPS) is 9.45. The Kier molecular flexibility index (Phi) is 5.05. The van der Waals surface area contributed by atoms with Crippen molar-refractivity contribution in [3.05, 3.63) is 0 Å². The molecule has 6 nitrogen and oxygen atoms in total. The lowest BCUT2D eigenvalue weighted by Gasteiger charge is -2.00. The number of hydrazine groups is 1. The molecule has 0 saturated heterocycles. The summed E-state index contributed by atoms with van der Waals surface area (Å²) in [5.41, 5.74) is 4.76. The van der Waals surface area contributed by atoms with E-state index < -0.39 is 11.9 Å². The lowest BCUT2D eigenvalue weighted by Crippen LogP contribution is -2.37. The third kappa shape index (κ3) is 8.86. The number of aliphatic carboxylic acids is 2. The highest BCUT2D eigenvalue weighted by Crippen LogP contribution is 1.71. The van der Waals surface area contributed by atoms with Crippen LogP contribution >= 0.6 is 0 Å². The highest BCUT2D eigenvalue weighted by Gasteiger charge is 1.96. The van der Waals surface area contributed by atoms with Gasteiger partial charge in [0.1, 0.15) is 6.54 Å². The lowest BCUT2D eigenvalue weighted by molar-refractivity contribution is -0.137. The Morgan fingerprint density at radius 1 is 1.09 bits per heavy atom. The van der Waals surface area contributed by atoms with E-state index in [1.54, 1.807) is 0 Å². The fraction of sp³-hybridized carbons (Fsp3) is 0.600. The molecule has 6 heteroatoms. The molecule has 0 rings (SSSR count). The number of hydrogen-bond donors (Lipinski definition) is 4. The summed E-state index contributed by atoms with van der Waals surface area (Å²) in [5.74, 6) is -1.91. The van der Waals surface area contributed by atoms with Gasteiger partial charge in [0.25, 0.3) is 0 Å². The first-order valence-electron chi connectivity index (χ1n) is 3.02. The van der Waals surface area contributed by atoms with Crippen molar-refractivity contribution < 1.29 is 19.8 Å². The van der Waals surface area contributed by atoms with Crippen LogP contribution in [0.1, 0.15) is 6.42 Å². The molecule has 0 aromatic rings. The van der Waals surface area contributed by atoms with Crippen molar-refractivity contribution in [1.29, 1.82) is 0 Å². The fourth-order valence-electron chi connectivity index (χ4n) is 0.396. The highest BCUT2D eigenvalue weighted by molar-refractivity contribution is 5.69. The average Bonchev–Trinajstić information content (AvgIpc) is 1.85. The molecule has 0 aliphatic rings. The third-order valence-electron chi connectivity index (χ3n) is 0.828. The van der Waals surface area contributed by atoms with E-state index in [4.69, 9.17) is 10.2 Å². The van der Waals surface area contributed by atoms with Gasteiger partial charge < -0.3 is 10.2 Å². The molecular weight excluding hydrogens is 152 g/mol. The summed E-state index contributed by atoms with van der Waals surface area (Å²) >= 11 is 0. The zero-order valence-corrected chi connectivity index (χ0v) is 5.83. The van der Waals surface area contributed by atoms with Crippen LogP contribution in [0, 0.1) is 0 Å². The van der Waals surface area contributed by atoms with E-state index in [2.05, 4.69) is 10.9 Å². The Hall–Kier alpha value is -1.14. The van der Waals surface area contributed by atoms with Crippen molar-refractivity contribution in [2.45, 2.75) is 6.42 Å². The van der Waals surface area contributed by atoms with Gasteiger partial charge in [-0.1, -0.05) is 0 Å². The van der Waals surface area contributed by atoms with Crippen molar-refractivity contribution >= 4 is 11.9 Å². The van der Waals surface area contributed by atoms with Gasteiger partial charge in [0.05, 0.1) is 6.42 Å². The van der Waals surface area contributed by atoms with Gasteiger partial charge in [0, 0.05) is 6.54 Å². The van der Waals surface area contributed by atoms with Gasteiger partial charge in [0.15, 0.2) is 0 Å². The highest BCUT2D eigenvalue weighted by atomic mass is 16.4. The van der Waals surface area contributed by atoms with Crippen molar-refractivity contribution in [3.8, 4) is 0 Å². The average molecular weight is 162 g/mol. The third-order valence-corrected chi connectivity index (χ3v) is 0.828. The van der Waals surface area contributed by atoms with Crippen molar-refractivity contribution in [3.63, 3.8) is 0 Å². The zero-order chi connectivity index (χ0) is 8.69. The Morgan fingerprint density at radius 2 is 1.73 bits per heavy atom. The Labute approximate surface area is 63.2 Å². The molecule has 0 radical (unpaired) electrons. The standard InChI is InChI=1S/C5H10N2O4/c8-4(9)1-2-6-7-3-5(10)11/h6-7H,1-3H2,(H,8,9)(H,10,11). The van der Waals surface area contributed by atoms with Crippen LogP contribution in [-0.4, -0.2) is 35.2 Å². The summed E-state index contributed by atoms with van der Waals surface area (Å²) in [6, 6.07) is 0. The molecule has 0 fully saturated rings. The second kappa shape index (κ2) is 5.63. The first-order valence-corrected chi connectivity index (χ1v) is 3.02. The molecule has 0 amide bonds. The zero-order valence-electron chi connectivity index (χ0n) is 5.83. The Bertz CT molecular complexity index is 131. The summed E-state index contributed by atoms with van der Waals surface area (Å²) in [5, 5.41) is 16.2. The molecule has 0 atom stereocenters. The SMILES string of the molecule is O=C(O)CCNNCC(=O)O. The molecule has 0 unspecified atom stereocenters. The van der Waals surface area contributed by atoms with Crippen molar-refractivity contribution in [1.82, 2.24) is 10.9 Å². The molecule has 0 saturated carbocycles. The smallest absolute Gasteiger partial charge is 0.318 e. The number of carboxylic acid groups (broad SMARTS) is 2. The van der Waals surface area contributed by atoms with Crippen LogP contribution in [0.5, 0.6) is 0 Å². The predicted octanol–water partition coefficient (Wildman–Crippen LogP) is -1.36. The minimum absolute atomic E-state index is 0.0351. The fourth-order valence-corrected chi connectivity index (χ4v) is 0.396. The molecule has 64 valence electrons. The lowest BCUT2D eigenvalue weighted by atomic mass is 10.4. The largest absolute Gasteiger partial charge is 0.481 e. The molecule has 11 heavy (non-hydrogen) atoms. The summed E-state index contributed by atoms with van der Waals surface area (Å²) in [4.78, 5) is 19.8. The van der Waals surface area contributed by atoms with Crippen LogP contribution in [0.4, 0.5) is 0 Å². The Balaban J connectivity index is 3.03. The van der Waals surface area contributed by atoms with E-state index in [1.165, 1.54) is 0 Å². The number of rotatable bonds is 6. The first-order chi connectivity index (χ1) is 5.13. The maximum Gasteiger partial charge on any atom is 0.318 e. The van der Waals surface area contributed by atoms with E-state index >= 15 is 0 Å². The van der Waals surface area contributed by atoms with Crippen LogP contribution in [0.15, 0.2) is 0 Å². The molecule has 0 bridgehead atoms. The van der Waals surface area contributed by atoms with Crippen molar-refractivity contribution in [2.24, 2.45) is 0 Å². The van der Waals surface area contributed by atoms with Gasteiger partial charge >= 0.3 is 11.9 Å². The second-order valence-electron chi connectivity index (χ2n) is 1.82. The second-order valence-corrected chi connectivity index (χ2v) is 1.82. The minimum atomic E-state index is -0.993. The number of nitrogens with one attached hydrogen (secondary N) is 2. The minimum Gasteiger partial charge on any atom is -0.481 e. The maximum absolute atomic E-state index is 9.91. The molecule has 0 aromatic heterocycles. The first kappa shape index (κ1) is 9.86. The molecule has 0 spiro atoms. The summed E-state index contributed by atoms with van der Waals surface area (Å²) in [7, 11) is 0. The van der Waals surface area contributed by atoms with Gasteiger partial charge in [-0.3, -0.25) is 15.0 Å². The summed E-state index contributed by atoms with van der Waals surface area (Å²) in [6.07, 6.45) is -0.0351. The van der Waals surface area contributed by atoms with E-state index in [0.29, 0.717) is 0 Å². The van der Waals surface area contributed by atoms with Crippen molar-refractivity contribution in [2.75, 3.05) is 13.1 Å². The summed E-state index contributed by atoms with van der Waals surface area (Å²) < 4.78 is 0. The van der Waals surface area contributed by atoms with E-state index in [-0.39, 0.29) is 19.5 Å². The molecule has 0 aromatic carbocycles. The van der Waals surface area contributed by atoms with Gasteiger partial charge in [-0.2, -0.15) is 0 Å². The van der Waals surface area contributed by atoms with Gasteiger partial charge in [-0.05, 0) is 0 Å². The van der Waals surface area contributed by atoms with Crippen LogP contribution in [-0.2, 0) is 9.59 Å². The van der Waals surface area contributed by atoms with Crippen LogP contribution in [0.2, 0.25) is 0 Å².